The first kappa shape index (κ1) is 147. The summed E-state index contributed by atoms with van der Waals surface area (Å²) in [6.07, 6.45) is 34.4. The van der Waals surface area contributed by atoms with E-state index in [4.69, 9.17) is 57.6 Å². The number of carboxylic acids is 3. The molecule has 8 saturated heterocycles. The summed E-state index contributed by atoms with van der Waals surface area (Å²) in [5.74, 6) is 9.62. The first-order chi connectivity index (χ1) is 57.4. The van der Waals surface area contributed by atoms with Crippen molar-refractivity contribution in [1.82, 2.24) is 0 Å². The first-order valence-corrected chi connectivity index (χ1v) is 49.3. The number of rotatable bonds is 23. The summed E-state index contributed by atoms with van der Waals surface area (Å²) < 4.78 is 55.7. The van der Waals surface area contributed by atoms with Gasteiger partial charge in [-0.3, -0.25) is 38.4 Å². The molecular weight excluding hydrogens is 1720 g/mol. The van der Waals surface area contributed by atoms with Gasteiger partial charge in [-0.1, -0.05) is 275 Å². The number of esters is 5. The van der Waals surface area contributed by atoms with Crippen LogP contribution in [0.25, 0.3) is 0 Å². The maximum absolute atomic E-state index is 12.6. The zero-order chi connectivity index (χ0) is 87.9. The Morgan fingerprint density at radius 3 is 0.912 bits per heavy atom. The molecule has 0 aromatic rings. The summed E-state index contributed by atoms with van der Waals surface area (Å²) in [7, 11) is 0. The molecule has 0 aromatic heterocycles. The van der Waals surface area contributed by atoms with E-state index in [1.807, 2.05) is 34.6 Å². The SMILES string of the molecule is C.C.C.C.C.C.C.C.C.C.C.C.C.C.C.C.CCC1CC(C(=O)O)C(CC)O1.CCC1CC(C(=O)OC2(CC)CCCC2)C(CC)O1.CCC1CC(CC)C(C(=O)O)C1.CCC1CC(CC)C2C3CC(CC3C(=O)O)C12.CCC1CC(CC)C2C3CC(CC3C(=O)OC(C)(C)C)C12.CCC1OC(CC)C2C(=O)OCC12.CCC1OC(CC)C2C(=O)OCC12.CCC1OC(CC)C2C(=O)OCC12. The van der Waals surface area contributed by atoms with Gasteiger partial charge in [-0.05, 0) is 264 Å². The molecular formula is C115H230O21. The Hall–Kier alpha value is -4.44. The topological polar surface area (TPSA) is 290 Å². The summed E-state index contributed by atoms with van der Waals surface area (Å²) in [4.78, 5) is 92.1. The van der Waals surface area contributed by atoms with E-state index in [0.717, 1.165) is 188 Å². The molecule has 8 saturated carbocycles. The molecule has 0 aromatic carbocycles. The lowest BCUT2D eigenvalue weighted by atomic mass is 9.70. The van der Waals surface area contributed by atoms with Crippen molar-refractivity contribution in [2.75, 3.05) is 19.8 Å². The van der Waals surface area contributed by atoms with E-state index in [9.17, 15) is 43.5 Å². The second kappa shape index (κ2) is 67.2. The van der Waals surface area contributed by atoms with E-state index in [2.05, 4.69) is 104 Å². The third kappa shape index (κ3) is 33.6. The Morgan fingerprint density at radius 2 is 0.625 bits per heavy atom. The third-order valence-corrected chi connectivity index (χ3v) is 33.0. The molecule has 16 aliphatic rings. The number of aliphatic carboxylic acids is 3. The van der Waals surface area contributed by atoms with Gasteiger partial charge in [0.15, 0.2) is 0 Å². The van der Waals surface area contributed by atoms with Gasteiger partial charge in [-0.25, -0.2) is 0 Å². The van der Waals surface area contributed by atoms with Gasteiger partial charge in [-0.15, -0.1) is 0 Å². The number of carboxylic acid groups (broad SMARTS) is 3. The summed E-state index contributed by atoms with van der Waals surface area (Å²) >= 11 is 0. The molecule has 35 unspecified atom stereocenters. The van der Waals surface area contributed by atoms with E-state index >= 15 is 0 Å². The first-order valence-electron chi connectivity index (χ1n) is 49.3. The van der Waals surface area contributed by atoms with Crippen molar-refractivity contribution in [3.8, 4) is 0 Å². The number of cyclic esters (lactones) is 3. The molecule has 8 aliphatic heterocycles. The van der Waals surface area contributed by atoms with Crippen molar-refractivity contribution in [2.45, 2.75) is 529 Å². The van der Waals surface area contributed by atoms with E-state index < -0.39 is 17.9 Å². The van der Waals surface area contributed by atoms with Crippen molar-refractivity contribution >= 4 is 47.8 Å². The highest BCUT2D eigenvalue weighted by atomic mass is 16.6. The van der Waals surface area contributed by atoms with Gasteiger partial charge >= 0.3 is 47.8 Å². The van der Waals surface area contributed by atoms with E-state index in [1.165, 1.54) is 64.2 Å². The predicted molar refractivity (Wildman–Crippen MR) is 568 cm³/mol. The zero-order valence-corrected chi connectivity index (χ0v) is 77.9. The fourth-order valence-electron chi connectivity index (χ4n) is 26.8. The molecule has 136 heavy (non-hydrogen) atoms. The molecule has 816 valence electrons. The molecule has 8 aliphatic carbocycles. The lowest BCUT2D eigenvalue weighted by Gasteiger charge is -2.35. The minimum absolute atomic E-state index is 0. The summed E-state index contributed by atoms with van der Waals surface area (Å²) in [5.41, 5.74) is -0.510. The molecule has 0 spiro atoms. The molecule has 21 heteroatoms. The van der Waals surface area contributed by atoms with Crippen molar-refractivity contribution in [2.24, 2.45) is 148 Å². The summed E-state index contributed by atoms with van der Waals surface area (Å²) in [6, 6.07) is 0. The average Bonchev–Trinajstić information content (AvgIpc) is 1.56. The van der Waals surface area contributed by atoms with Crippen LogP contribution in [-0.2, 0) is 85.7 Å². The molecule has 16 fully saturated rings. The van der Waals surface area contributed by atoms with Gasteiger partial charge in [0.25, 0.3) is 0 Å². The smallest absolute Gasteiger partial charge is 0.312 e. The third-order valence-electron chi connectivity index (χ3n) is 33.0. The standard InChI is InChI=1S/C19H32O2.C16H28O3.C15H24O2.3C10H16O3.C10H18O2.C9H16O3.16CH4/c1-6-11-8-12(7-2)17-14-9-13(16(11)17)10-15(14)18(20)21-19(3,4)5;1-4-12-11-13(14(5-2)18-12)15(17)19-16(6-3)9-7-8-10-16;1-3-8-5-9(4-2)14-11-6-10(13(8)14)7-12(11)15(16)17;3*1-3-7-6-5-12-10(11)9(6)8(4-2)13-7;1-3-7-5-8(4-2)9(6-7)10(11)12;1-3-6-5-7(9(10)11)8(4-2)12-6;;;;;;;;;;;;;;;;/h11-17H,6-10H2,1-5H3;12-14H,4-11H2,1-3H3;8-14H,3-7H2,1-2H3,(H,16,17);3*6-9H,3-5H2,1-2H3;7-9H,3-6H2,1-2H3,(H,11,12);6-8H,3-5H2,1-2H3,(H,10,11);16*1H4. The summed E-state index contributed by atoms with van der Waals surface area (Å²) in [6.45, 7) is 44.0. The normalized spacial score (nSPS) is 36.8. The number of ether oxygens (including phenoxy) is 10. The fourth-order valence-corrected chi connectivity index (χ4v) is 26.8. The molecule has 21 nitrogen and oxygen atoms in total. The fraction of sp³-hybridized carbons (Fsp3) is 0.930. The number of hydrogen-bond acceptors (Lipinski definition) is 18. The molecule has 16 rings (SSSR count). The van der Waals surface area contributed by atoms with Gasteiger partial charge in [-0.2, -0.15) is 0 Å². The van der Waals surface area contributed by atoms with Crippen molar-refractivity contribution < 1.29 is 101 Å². The Bertz CT molecular complexity index is 3110. The van der Waals surface area contributed by atoms with Crippen LogP contribution in [0.4, 0.5) is 0 Å². The molecule has 0 radical (unpaired) electrons. The van der Waals surface area contributed by atoms with E-state index in [-0.39, 0.29) is 268 Å². The maximum atomic E-state index is 12.6. The highest BCUT2D eigenvalue weighted by Gasteiger charge is 2.64. The Kier molecular flexibility index (Phi) is 72.6. The average molecular weight is 1950 g/mol. The lowest BCUT2D eigenvalue weighted by Crippen LogP contribution is -2.37. The van der Waals surface area contributed by atoms with Crippen molar-refractivity contribution in [1.29, 1.82) is 0 Å². The highest BCUT2D eigenvalue weighted by molar-refractivity contribution is 5.78. The molecule has 35 atom stereocenters. The van der Waals surface area contributed by atoms with Crippen LogP contribution in [0.3, 0.4) is 0 Å². The van der Waals surface area contributed by atoms with Crippen LogP contribution in [0.15, 0.2) is 0 Å². The Labute approximate surface area is 840 Å². The number of carbonyl (C=O) groups excluding carboxylic acids is 5. The van der Waals surface area contributed by atoms with Crippen molar-refractivity contribution in [3.63, 3.8) is 0 Å². The minimum Gasteiger partial charge on any atom is -0.481 e. The van der Waals surface area contributed by atoms with Gasteiger partial charge in [0.05, 0.1) is 128 Å². The van der Waals surface area contributed by atoms with Crippen LogP contribution < -0.4 is 0 Å². The highest BCUT2D eigenvalue weighted by Crippen LogP contribution is 2.67. The number of carbonyl (C=O) groups is 8. The van der Waals surface area contributed by atoms with Crippen molar-refractivity contribution in [3.05, 3.63) is 0 Å². The number of hydrogen-bond donors (Lipinski definition) is 3. The minimum atomic E-state index is -0.710. The number of fused-ring (bicyclic) bond motifs is 13. The van der Waals surface area contributed by atoms with Gasteiger partial charge < -0.3 is 62.7 Å². The van der Waals surface area contributed by atoms with Crippen LogP contribution in [0.2, 0.25) is 0 Å². The van der Waals surface area contributed by atoms with Crippen LogP contribution in [0.5, 0.6) is 0 Å². The van der Waals surface area contributed by atoms with Crippen LogP contribution in [0, 0.1) is 148 Å². The second-order valence-electron chi connectivity index (χ2n) is 40.1. The van der Waals surface area contributed by atoms with E-state index in [1.54, 1.807) is 0 Å². The quantitative estimate of drug-likeness (QED) is 0.0633. The van der Waals surface area contributed by atoms with E-state index in [0.29, 0.717) is 67.7 Å². The molecule has 8 heterocycles. The van der Waals surface area contributed by atoms with Crippen LogP contribution >= 0.6 is 0 Å². The largest absolute Gasteiger partial charge is 0.481 e. The van der Waals surface area contributed by atoms with Gasteiger partial charge in [0.2, 0.25) is 0 Å². The second-order valence-corrected chi connectivity index (χ2v) is 40.1. The maximum Gasteiger partial charge on any atom is 0.312 e. The van der Waals surface area contributed by atoms with Crippen LogP contribution in [-0.4, -0.2) is 155 Å². The van der Waals surface area contributed by atoms with Crippen LogP contribution in [0.1, 0.15) is 456 Å². The zero-order valence-electron chi connectivity index (χ0n) is 77.9. The summed E-state index contributed by atoms with van der Waals surface area (Å²) in [5, 5.41) is 27.1. The molecule has 3 N–H and O–H groups in total. The molecule has 0 amide bonds. The van der Waals surface area contributed by atoms with Gasteiger partial charge in [0, 0.05) is 17.8 Å². The monoisotopic (exact) mass is 1950 g/mol. The lowest BCUT2D eigenvalue weighted by molar-refractivity contribution is -0.167. The Balaban J connectivity index is -0.000000227. The Morgan fingerprint density at radius 1 is 0.309 bits per heavy atom. The van der Waals surface area contributed by atoms with Gasteiger partial charge in [0.1, 0.15) is 11.2 Å². The molecule has 4 bridgehead atoms. The predicted octanol–water partition coefficient (Wildman–Crippen LogP) is 30.4.